The topological polar surface area (TPSA) is 83.5 Å². The molecule has 5 nitrogen and oxygen atoms in total. The van der Waals surface area contributed by atoms with Crippen LogP contribution >= 0.6 is 22.9 Å². The number of carboxylic acid groups (broad SMARTS) is 1. The van der Waals surface area contributed by atoms with E-state index in [1.54, 1.807) is 30.3 Å². The van der Waals surface area contributed by atoms with Gasteiger partial charge < -0.3 is 5.11 Å². The number of hydrogen-bond donors (Lipinski definition) is 2. The Morgan fingerprint density at radius 1 is 1.20 bits per heavy atom. The van der Waals surface area contributed by atoms with Crippen molar-refractivity contribution in [2.24, 2.45) is 0 Å². The van der Waals surface area contributed by atoms with E-state index >= 15 is 0 Å². The van der Waals surface area contributed by atoms with Gasteiger partial charge in [-0.15, -0.1) is 11.3 Å². The lowest BCUT2D eigenvalue weighted by atomic mass is 10.1. The summed E-state index contributed by atoms with van der Waals surface area (Å²) in [5.74, 6) is -1.28. The van der Waals surface area contributed by atoms with Gasteiger partial charge in [-0.1, -0.05) is 41.9 Å². The van der Waals surface area contributed by atoms with E-state index in [-0.39, 0.29) is 4.21 Å². The smallest absolute Gasteiger partial charge is 0.326 e. The Morgan fingerprint density at radius 3 is 2.35 bits per heavy atom. The lowest BCUT2D eigenvalue weighted by Crippen LogP contribution is -2.33. The van der Waals surface area contributed by atoms with Crippen molar-refractivity contribution in [2.45, 2.75) is 10.3 Å². The van der Waals surface area contributed by atoms with Crippen molar-refractivity contribution in [3.05, 3.63) is 52.4 Å². The fourth-order valence-electron chi connectivity index (χ4n) is 1.56. The second-order valence-electron chi connectivity index (χ2n) is 3.86. The van der Waals surface area contributed by atoms with Crippen LogP contribution in [0.5, 0.6) is 0 Å². The molecule has 2 rings (SSSR count). The van der Waals surface area contributed by atoms with E-state index < -0.39 is 22.0 Å². The predicted molar refractivity (Wildman–Crippen MR) is 76.5 cm³/mol. The van der Waals surface area contributed by atoms with Crippen LogP contribution in [0.4, 0.5) is 0 Å². The summed E-state index contributed by atoms with van der Waals surface area (Å²) in [7, 11) is -3.93. The Hall–Kier alpha value is -1.41. The van der Waals surface area contributed by atoms with Crippen LogP contribution in [0, 0.1) is 0 Å². The van der Waals surface area contributed by atoms with Crippen LogP contribution in [0.3, 0.4) is 0 Å². The van der Waals surface area contributed by atoms with Crippen molar-refractivity contribution in [1.29, 1.82) is 0 Å². The van der Waals surface area contributed by atoms with Crippen LogP contribution in [-0.4, -0.2) is 19.5 Å². The van der Waals surface area contributed by atoms with Gasteiger partial charge in [0.15, 0.2) is 0 Å². The summed E-state index contributed by atoms with van der Waals surface area (Å²) >= 11 is 6.56. The van der Waals surface area contributed by atoms with Gasteiger partial charge >= 0.3 is 5.97 Å². The fraction of sp³-hybridized carbons (Fsp3) is 0.0833. The van der Waals surface area contributed by atoms with Crippen LogP contribution < -0.4 is 4.72 Å². The van der Waals surface area contributed by atoms with Crippen molar-refractivity contribution >= 4 is 38.9 Å². The SMILES string of the molecule is O=C(O)C(NS(=O)(=O)c1ccc(Cl)s1)c1ccccc1. The van der Waals surface area contributed by atoms with Gasteiger partial charge in [0.2, 0.25) is 0 Å². The maximum atomic E-state index is 12.1. The lowest BCUT2D eigenvalue weighted by Gasteiger charge is -2.14. The fourth-order valence-corrected chi connectivity index (χ4v) is 4.24. The van der Waals surface area contributed by atoms with Crippen LogP contribution in [0.15, 0.2) is 46.7 Å². The minimum atomic E-state index is -3.93. The van der Waals surface area contributed by atoms with Crippen LogP contribution in [-0.2, 0) is 14.8 Å². The van der Waals surface area contributed by atoms with E-state index in [0.717, 1.165) is 11.3 Å². The molecule has 1 heterocycles. The van der Waals surface area contributed by atoms with E-state index in [4.69, 9.17) is 11.6 Å². The first-order valence-corrected chi connectivity index (χ1v) is 8.13. The molecular formula is C12H10ClNO4S2. The molecule has 0 saturated heterocycles. The third kappa shape index (κ3) is 3.37. The highest BCUT2D eigenvalue weighted by atomic mass is 35.5. The molecule has 0 amide bonds. The third-order valence-electron chi connectivity index (χ3n) is 2.47. The van der Waals surface area contributed by atoms with E-state index in [1.807, 2.05) is 0 Å². The summed E-state index contributed by atoms with van der Waals surface area (Å²) in [6.45, 7) is 0. The third-order valence-corrected chi connectivity index (χ3v) is 5.61. The van der Waals surface area contributed by atoms with Gasteiger partial charge in [-0.3, -0.25) is 4.79 Å². The van der Waals surface area contributed by atoms with Gasteiger partial charge in [-0.25, -0.2) is 8.42 Å². The minimum Gasteiger partial charge on any atom is -0.480 e. The molecule has 1 aromatic carbocycles. The summed E-state index contributed by atoms with van der Waals surface area (Å²) < 4.78 is 26.7. The van der Waals surface area contributed by atoms with Crippen molar-refractivity contribution in [3.63, 3.8) is 0 Å². The highest BCUT2D eigenvalue weighted by Gasteiger charge is 2.27. The average molecular weight is 332 g/mol. The number of sulfonamides is 1. The molecule has 0 fully saturated rings. The second kappa shape index (κ2) is 5.92. The van der Waals surface area contributed by atoms with Crippen molar-refractivity contribution < 1.29 is 18.3 Å². The molecule has 0 aliphatic carbocycles. The zero-order valence-corrected chi connectivity index (χ0v) is 12.4. The monoisotopic (exact) mass is 331 g/mol. The maximum Gasteiger partial charge on any atom is 0.326 e. The number of nitrogens with one attached hydrogen (secondary N) is 1. The minimum absolute atomic E-state index is 0.0234. The Kier molecular flexibility index (Phi) is 4.44. The van der Waals surface area contributed by atoms with E-state index in [1.165, 1.54) is 12.1 Å². The van der Waals surface area contributed by atoms with E-state index in [9.17, 15) is 18.3 Å². The van der Waals surface area contributed by atoms with Gasteiger partial charge in [0.1, 0.15) is 10.3 Å². The molecule has 8 heteroatoms. The number of hydrogen-bond acceptors (Lipinski definition) is 4. The molecule has 2 N–H and O–H groups in total. The zero-order valence-electron chi connectivity index (χ0n) is 9.99. The molecule has 1 atom stereocenters. The number of benzene rings is 1. The zero-order chi connectivity index (χ0) is 14.8. The largest absolute Gasteiger partial charge is 0.480 e. The highest BCUT2D eigenvalue weighted by molar-refractivity contribution is 7.91. The van der Waals surface area contributed by atoms with E-state index in [2.05, 4.69) is 4.72 Å². The molecule has 0 aliphatic heterocycles. The first kappa shape index (κ1) is 15.0. The van der Waals surface area contributed by atoms with Gasteiger partial charge in [-0.05, 0) is 17.7 Å². The van der Waals surface area contributed by atoms with Gasteiger partial charge in [-0.2, -0.15) is 4.72 Å². The molecule has 106 valence electrons. The molecule has 0 aliphatic rings. The molecule has 20 heavy (non-hydrogen) atoms. The molecule has 1 unspecified atom stereocenters. The molecule has 0 radical (unpaired) electrons. The number of rotatable bonds is 5. The van der Waals surface area contributed by atoms with Crippen LogP contribution in [0.25, 0.3) is 0 Å². The lowest BCUT2D eigenvalue weighted by molar-refractivity contribution is -0.139. The molecule has 2 aromatic rings. The summed E-state index contributed by atoms with van der Waals surface area (Å²) in [5.41, 5.74) is 0.353. The first-order chi connectivity index (χ1) is 9.40. The number of carboxylic acids is 1. The van der Waals surface area contributed by atoms with E-state index in [0.29, 0.717) is 9.90 Å². The summed E-state index contributed by atoms with van der Waals surface area (Å²) in [6, 6.07) is 9.52. The Morgan fingerprint density at radius 2 is 1.85 bits per heavy atom. The van der Waals surface area contributed by atoms with Crippen molar-refractivity contribution in [1.82, 2.24) is 4.72 Å². The standard InChI is InChI=1S/C12H10ClNO4S2/c13-9-6-7-10(19-9)20(17,18)14-11(12(15)16)8-4-2-1-3-5-8/h1-7,11,14H,(H,15,16). The number of thiophene rings is 1. The highest BCUT2D eigenvalue weighted by Crippen LogP contribution is 2.27. The van der Waals surface area contributed by atoms with Gasteiger partial charge in [0.25, 0.3) is 10.0 Å². The normalized spacial score (nSPS) is 13.1. The van der Waals surface area contributed by atoms with Gasteiger partial charge in [0.05, 0.1) is 4.34 Å². The number of halogens is 1. The average Bonchev–Trinajstić information content (AvgIpc) is 2.84. The Bertz CT molecular complexity index is 712. The molecule has 0 bridgehead atoms. The molecule has 0 spiro atoms. The second-order valence-corrected chi connectivity index (χ2v) is 7.52. The Labute approximate surface area is 124 Å². The summed E-state index contributed by atoms with van der Waals surface area (Å²) in [6.07, 6.45) is 0. The number of carbonyl (C=O) groups is 1. The van der Waals surface area contributed by atoms with Gasteiger partial charge in [0, 0.05) is 0 Å². The quantitative estimate of drug-likeness (QED) is 0.881. The Balaban J connectivity index is 2.32. The number of aliphatic carboxylic acids is 1. The maximum absolute atomic E-state index is 12.1. The first-order valence-electron chi connectivity index (χ1n) is 5.45. The summed E-state index contributed by atoms with van der Waals surface area (Å²) in [5, 5.41) is 9.19. The van der Waals surface area contributed by atoms with Crippen molar-refractivity contribution in [2.75, 3.05) is 0 Å². The van der Waals surface area contributed by atoms with Crippen molar-refractivity contribution in [3.8, 4) is 0 Å². The predicted octanol–water partition coefficient (Wildman–Crippen LogP) is 2.51. The molecule has 1 aromatic heterocycles. The van der Waals surface area contributed by atoms with Crippen LogP contribution in [0.2, 0.25) is 4.34 Å². The summed E-state index contributed by atoms with van der Waals surface area (Å²) in [4.78, 5) is 11.3. The molecular weight excluding hydrogens is 322 g/mol. The van der Waals surface area contributed by atoms with Crippen LogP contribution in [0.1, 0.15) is 11.6 Å². The molecule has 0 saturated carbocycles.